The van der Waals surface area contributed by atoms with Crippen LogP contribution in [0.3, 0.4) is 0 Å². The van der Waals surface area contributed by atoms with Crippen LogP contribution in [-0.2, 0) is 109 Å². The summed E-state index contributed by atoms with van der Waals surface area (Å²) in [5, 5.41) is 80.4. The van der Waals surface area contributed by atoms with Crippen LogP contribution in [0.4, 0.5) is 0 Å². The van der Waals surface area contributed by atoms with E-state index in [2.05, 4.69) is 95.7 Å². The number of aliphatic hydroxyl groups is 2. The fraction of sp³-hybridized carbons (Fsp3) is 0.588. The van der Waals surface area contributed by atoms with Crippen molar-refractivity contribution in [2.45, 2.75) is 235 Å². The molecule has 2 rings (SSSR count). The fourth-order valence-corrected chi connectivity index (χ4v) is 12.2. The number of hydrogen-bond acceptors (Lipinski definition) is 27. The highest BCUT2D eigenvalue weighted by atomic mass is 16.5. The van der Waals surface area contributed by atoms with E-state index in [-0.39, 0.29) is 116 Å². The number of carbonyl (C=O) groups excluding carboxylic acids is 19. The van der Waals surface area contributed by atoms with Gasteiger partial charge in [-0.1, -0.05) is 74.5 Å². The SMILES string of the molecule is COC(=O)[C@H](Cc1ccccc1)NC(=O)CNC(=O)CNC(=O)[C@H](Cc1ccccc1)NC(=O)[C@@H](NC(=O)CNC(=O)[C@H](C)NC(=O)[C@H](CCCNC(=N)N)NC(=O)[C@H](CCCCN)NC(=O)[C@H](CO)NC(=O)[C@H](C)NC(=O)[C@H](CCCNC(=N)N)NC(=O)[C@H](CCCCN)NC(=O)[C@H](CC(C)C)NC(=O)[C@H](C)NC(=O)[C@H](CC(N)=O)NC(=O)[C@@H](N)CCC(N)=O)[C@@H](C)O. The molecule has 0 spiro atoms. The van der Waals surface area contributed by atoms with Crippen LogP contribution in [0.5, 0.6) is 0 Å². The van der Waals surface area contributed by atoms with Crippen molar-refractivity contribution in [1.82, 2.24) is 95.7 Å². The second-order valence-corrected chi connectivity index (χ2v) is 30.8. The fourth-order valence-electron chi connectivity index (χ4n) is 12.2. The van der Waals surface area contributed by atoms with Crippen LogP contribution in [0.1, 0.15) is 143 Å². The minimum Gasteiger partial charge on any atom is -0.467 e. The Kier molecular flexibility index (Phi) is 52.3. The number of nitrogens with one attached hydrogen (secondary N) is 20. The lowest BCUT2D eigenvalue weighted by atomic mass is 10.0. The van der Waals surface area contributed by atoms with Gasteiger partial charge in [-0.15, -0.1) is 0 Å². The van der Waals surface area contributed by atoms with Gasteiger partial charge in [-0.05, 0) is 135 Å². The van der Waals surface area contributed by atoms with E-state index in [1.807, 2.05) is 0 Å². The Hall–Kier alpha value is -13.3. The highest BCUT2D eigenvalue weighted by Gasteiger charge is 2.38. The summed E-state index contributed by atoms with van der Waals surface area (Å²) < 4.78 is 4.82. The molecule has 18 amide bonds. The monoisotopic (exact) mass is 1820 g/mol. The Morgan fingerprint density at radius 3 is 1.17 bits per heavy atom. The number of rotatable bonds is 62. The Labute approximate surface area is 746 Å². The summed E-state index contributed by atoms with van der Waals surface area (Å²) in [6.07, 6.45) is -2.50. The van der Waals surface area contributed by atoms with Crippen molar-refractivity contribution in [2.75, 3.05) is 59.5 Å². The molecular weight excluding hydrogens is 1690 g/mol. The lowest BCUT2D eigenvalue weighted by molar-refractivity contribution is -0.145. The highest BCUT2D eigenvalue weighted by molar-refractivity contribution is 6.01. The number of esters is 1. The van der Waals surface area contributed by atoms with Gasteiger partial charge in [0.25, 0.3) is 0 Å². The number of ether oxygens (including phenoxy) is 1. The number of amides is 18. The largest absolute Gasteiger partial charge is 0.467 e. The summed E-state index contributed by atoms with van der Waals surface area (Å²) in [7, 11) is 1.15. The van der Waals surface area contributed by atoms with Gasteiger partial charge in [0.1, 0.15) is 78.5 Å². The quantitative estimate of drug-likeness (QED) is 0.0127. The van der Waals surface area contributed by atoms with Crippen molar-refractivity contribution in [2.24, 2.45) is 46.1 Å². The zero-order chi connectivity index (χ0) is 97.0. The number of hydrogen-bond donors (Lipinski definition) is 29. The predicted octanol–water partition coefficient (Wildman–Crippen LogP) is -11.0. The van der Waals surface area contributed by atoms with Gasteiger partial charge in [0, 0.05) is 32.4 Å². The molecule has 129 heavy (non-hydrogen) atoms. The Morgan fingerprint density at radius 2 is 0.744 bits per heavy atom. The van der Waals surface area contributed by atoms with E-state index < -0.39 is 248 Å². The first-order valence-electron chi connectivity index (χ1n) is 42.0. The number of unbranched alkanes of at least 4 members (excludes halogenated alkanes) is 2. The minimum absolute atomic E-state index is 0.00643. The molecule has 0 aromatic heterocycles. The van der Waals surface area contributed by atoms with Crippen molar-refractivity contribution in [1.29, 1.82) is 10.8 Å². The zero-order valence-electron chi connectivity index (χ0n) is 73.6. The zero-order valence-corrected chi connectivity index (χ0v) is 73.6. The second kappa shape index (κ2) is 60.4. The normalized spacial score (nSPS) is 14.4. The number of aliphatic hydroxyl groups excluding tert-OH is 2. The molecule has 2 aromatic carbocycles. The van der Waals surface area contributed by atoms with E-state index in [0.717, 1.165) is 14.0 Å². The van der Waals surface area contributed by atoms with Gasteiger partial charge in [0.15, 0.2) is 11.9 Å². The van der Waals surface area contributed by atoms with Gasteiger partial charge in [-0.25, -0.2) is 4.79 Å². The van der Waals surface area contributed by atoms with Crippen molar-refractivity contribution >= 4 is 124 Å². The molecule has 2 aromatic rings. The average Bonchev–Trinajstić information content (AvgIpc) is 0.858. The number of guanidine groups is 2. The molecule has 15 atom stereocenters. The van der Waals surface area contributed by atoms with Crippen LogP contribution in [-0.4, -0.2) is 285 Å². The molecule has 0 aliphatic rings. The maximum atomic E-state index is 14.4. The summed E-state index contributed by atoms with van der Waals surface area (Å²) >= 11 is 0. The van der Waals surface area contributed by atoms with Gasteiger partial charge in [-0.3, -0.25) is 97.1 Å². The smallest absolute Gasteiger partial charge is 0.328 e. The molecule has 49 nitrogen and oxygen atoms in total. The number of benzene rings is 2. The van der Waals surface area contributed by atoms with E-state index >= 15 is 0 Å². The number of primary amides is 2. The van der Waals surface area contributed by atoms with E-state index in [9.17, 15) is 101 Å². The topological polar surface area (TPSA) is 820 Å². The van der Waals surface area contributed by atoms with Gasteiger partial charge >= 0.3 is 5.97 Å². The third kappa shape index (κ3) is 45.6. The van der Waals surface area contributed by atoms with Crippen LogP contribution < -0.4 is 136 Å². The molecular formula is C80H131N27O22. The van der Waals surface area contributed by atoms with Crippen LogP contribution in [0.2, 0.25) is 0 Å². The van der Waals surface area contributed by atoms with Gasteiger partial charge in [-0.2, -0.15) is 0 Å². The summed E-state index contributed by atoms with van der Waals surface area (Å²) in [5.74, 6) is -19.3. The lowest BCUT2D eigenvalue weighted by Gasteiger charge is -2.28. The predicted molar refractivity (Wildman–Crippen MR) is 466 cm³/mol. The second-order valence-electron chi connectivity index (χ2n) is 30.8. The summed E-state index contributed by atoms with van der Waals surface area (Å²) in [6.45, 7) is 5.17. The average molecular weight is 1820 g/mol. The Balaban J connectivity index is 2.30. The van der Waals surface area contributed by atoms with E-state index in [1.54, 1.807) is 74.5 Å². The first-order valence-corrected chi connectivity index (χ1v) is 42.0. The van der Waals surface area contributed by atoms with Crippen molar-refractivity contribution < 1.29 is 106 Å². The molecule has 36 N–H and O–H groups in total. The van der Waals surface area contributed by atoms with Crippen molar-refractivity contribution in [3.05, 3.63) is 71.8 Å². The minimum atomic E-state index is -1.84. The molecule has 0 radical (unpaired) electrons. The van der Waals surface area contributed by atoms with Gasteiger partial charge in [0.2, 0.25) is 106 Å². The molecule has 0 saturated carbocycles. The molecule has 0 heterocycles. The van der Waals surface area contributed by atoms with Crippen molar-refractivity contribution in [3.8, 4) is 0 Å². The standard InChI is InChI=1S/C80H131N27O22/c1-42(2)34-54(103-66(116)44(4)97-74(124)56(37-60(85)111)104-68(118)49(83)28-29-59(84)110)75(125)101-50(24-14-16-30-81)72(122)100-53(27-19-33-91-80(88)89)71(121)96-45(5)67(117)106-58(41-108)76(126)102-51(25-15-17-31-82)73(123)99-52(26-18-32-90-79(86)87)70(120)95-43(3)65(115)93-40-63(114)107-64(46(6)109)77(127)105-55(35-47-20-10-8-11-21-47)69(119)94-38-61(112)92-39-62(113)98-57(78(128)129-7)36-48-22-12-9-13-23-48/h8-13,20-23,42-46,49-58,64,108-109H,14-19,24-41,81-83H2,1-7H3,(H2,84,110)(H2,85,111)(H,92,112)(H,93,115)(H,94,119)(H,95,120)(H,96,121)(H,97,124)(H,98,113)(H,99,123)(H,100,122)(H,101,125)(H,102,126)(H,103,116)(H,104,118)(H,105,127)(H,106,117)(H,107,114)(H4,86,87,90)(H4,88,89,91)/t43-,44-,45-,46+,49-,50-,51-,52-,53-,54-,55-,56-,57-,58-,64-/m0/s1. The molecule has 0 unspecified atom stereocenters. The number of carbonyl (C=O) groups is 19. The molecule has 0 bridgehead atoms. The molecule has 0 fully saturated rings. The molecule has 0 aliphatic carbocycles. The van der Waals surface area contributed by atoms with E-state index in [4.69, 9.17) is 55.7 Å². The van der Waals surface area contributed by atoms with Gasteiger partial charge in [0.05, 0.1) is 51.9 Å². The third-order valence-corrected chi connectivity index (χ3v) is 19.3. The molecule has 0 aliphatic heterocycles. The highest BCUT2D eigenvalue weighted by Crippen LogP contribution is 2.14. The number of methoxy groups -OCH3 is 1. The van der Waals surface area contributed by atoms with Gasteiger partial charge < -0.3 is 151 Å². The molecule has 49 heteroatoms. The van der Waals surface area contributed by atoms with Crippen LogP contribution >= 0.6 is 0 Å². The summed E-state index contributed by atoms with van der Waals surface area (Å²) in [5.41, 5.74) is 40.1. The van der Waals surface area contributed by atoms with Crippen molar-refractivity contribution in [3.63, 3.8) is 0 Å². The summed E-state index contributed by atoms with van der Waals surface area (Å²) in [6, 6.07) is -4.03. The maximum Gasteiger partial charge on any atom is 0.328 e. The number of nitrogens with two attached hydrogens (primary N) is 7. The van der Waals surface area contributed by atoms with Crippen LogP contribution in [0.15, 0.2) is 60.7 Å². The molecule has 0 saturated heterocycles. The third-order valence-electron chi connectivity index (χ3n) is 19.3. The maximum absolute atomic E-state index is 14.4. The van der Waals surface area contributed by atoms with Crippen LogP contribution in [0.25, 0.3) is 0 Å². The lowest BCUT2D eigenvalue weighted by Crippen LogP contribution is -2.61. The Bertz CT molecular complexity index is 4090. The first kappa shape index (κ1) is 112. The van der Waals surface area contributed by atoms with Crippen LogP contribution in [0, 0.1) is 16.7 Å². The Morgan fingerprint density at radius 1 is 0.372 bits per heavy atom. The van der Waals surface area contributed by atoms with E-state index in [1.165, 1.54) is 20.8 Å². The summed E-state index contributed by atoms with van der Waals surface area (Å²) in [4.78, 5) is 255. The molecule has 718 valence electrons. The van der Waals surface area contributed by atoms with E-state index in [0.29, 0.717) is 24.0 Å². The first-order chi connectivity index (χ1) is 60.9.